The molecule has 0 atom stereocenters. The standard InChI is InChI=1S/C20H22F3N3O/c1-25(2)18-5-3-14(4-6-18)15-11-16(13-24-12-15)19(27)26-9-7-17(8-10-26)20(21,22)23/h3-6,11-13,17H,7-10H2,1-2H3. The van der Waals surface area contributed by atoms with Crippen LogP contribution < -0.4 is 4.90 Å². The van der Waals surface area contributed by atoms with E-state index in [1.165, 1.54) is 11.1 Å². The first kappa shape index (κ1) is 19.2. The molecule has 3 rings (SSSR count). The van der Waals surface area contributed by atoms with Gasteiger partial charge in [0.05, 0.1) is 11.5 Å². The van der Waals surface area contributed by atoms with Crippen LogP contribution in [0.5, 0.6) is 0 Å². The predicted molar refractivity (Wildman–Crippen MR) is 98.7 cm³/mol. The van der Waals surface area contributed by atoms with Crippen LogP contribution in [0.25, 0.3) is 11.1 Å². The number of hydrogen-bond acceptors (Lipinski definition) is 3. The molecule has 27 heavy (non-hydrogen) atoms. The van der Waals surface area contributed by atoms with E-state index in [1.807, 2.05) is 43.3 Å². The van der Waals surface area contributed by atoms with Gasteiger partial charge in [-0.15, -0.1) is 0 Å². The van der Waals surface area contributed by atoms with Gasteiger partial charge in [-0.25, -0.2) is 0 Å². The van der Waals surface area contributed by atoms with Gasteiger partial charge in [-0.2, -0.15) is 13.2 Å². The Morgan fingerprint density at radius 2 is 1.70 bits per heavy atom. The zero-order valence-corrected chi connectivity index (χ0v) is 15.3. The Morgan fingerprint density at radius 1 is 1.07 bits per heavy atom. The van der Waals surface area contributed by atoms with E-state index in [-0.39, 0.29) is 31.8 Å². The summed E-state index contributed by atoms with van der Waals surface area (Å²) in [5.74, 6) is -1.59. The number of carbonyl (C=O) groups is 1. The molecule has 0 saturated carbocycles. The van der Waals surface area contributed by atoms with Crippen molar-refractivity contribution in [1.29, 1.82) is 0 Å². The maximum atomic E-state index is 12.8. The van der Waals surface area contributed by atoms with Gasteiger partial charge in [0, 0.05) is 50.8 Å². The SMILES string of the molecule is CN(C)c1ccc(-c2cncc(C(=O)N3CCC(C(F)(F)F)CC3)c2)cc1. The monoisotopic (exact) mass is 377 g/mol. The van der Waals surface area contributed by atoms with Gasteiger partial charge in [-0.3, -0.25) is 9.78 Å². The van der Waals surface area contributed by atoms with Crippen LogP contribution in [0.1, 0.15) is 23.2 Å². The van der Waals surface area contributed by atoms with Crippen molar-refractivity contribution in [3.63, 3.8) is 0 Å². The molecule has 1 saturated heterocycles. The van der Waals surface area contributed by atoms with Crippen molar-refractivity contribution in [3.8, 4) is 11.1 Å². The largest absolute Gasteiger partial charge is 0.391 e. The maximum absolute atomic E-state index is 12.8. The van der Waals surface area contributed by atoms with E-state index in [0.29, 0.717) is 5.56 Å². The first-order valence-corrected chi connectivity index (χ1v) is 8.84. The van der Waals surface area contributed by atoms with Gasteiger partial charge < -0.3 is 9.80 Å². The molecule has 2 aromatic rings. The molecule has 0 unspecified atom stereocenters. The third-order valence-electron chi connectivity index (χ3n) is 4.95. The number of rotatable bonds is 3. The second-order valence-corrected chi connectivity index (χ2v) is 7.01. The summed E-state index contributed by atoms with van der Waals surface area (Å²) >= 11 is 0. The van der Waals surface area contributed by atoms with Crippen LogP contribution in [-0.4, -0.2) is 49.2 Å². The molecule has 1 aromatic carbocycles. The van der Waals surface area contributed by atoms with Crippen LogP contribution in [-0.2, 0) is 0 Å². The van der Waals surface area contributed by atoms with E-state index in [2.05, 4.69) is 4.98 Å². The van der Waals surface area contributed by atoms with Crippen LogP contribution in [0.3, 0.4) is 0 Å². The normalized spacial score (nSPS) is 15.7. The number of pyridine rings is 1. The molecule has 144 valence electrons. The highest BCUT2D eigenvalue weighted by molar-refractivity contribution is 5.95. The molecule has 0 N–H and O–H groups in total. The Balaban J connectivity index is 1.73. The number of likely N-dealkylation sites (tertiary alicyclic amines) is 1. The van der Waals surface area contributed by atoms with Gasteiger partial charge >= 0.3 is 6.18 Å². The van der Waals surface area contributed by atoms with Crippen molar-refractivity contribution < 1.29 is 18.0 Å². The van der Waals surface area contributed by atoms with E-state index >= 15 is 0 Å². The molecule has 1 amide bonds. The van der Waals surface area contributed by atoms with Gasteiger partial charge in [0.25, 0.3) is 5.91 Å². The lowest BCUT2D eigenvalue weighted by Gasteiger charge is -2.33. The molecule has 1 aromatic heterocycles. The summed E-state index contributed by atoms with van der Waals surface area (Å²) < 4.78 is 38.4. The lowest BCUT2D eigenvalue weighted by molar-refractivity contribution is -0.183. The van der Waals surface area contributed by atoms with Crippen LogP contribution >= 0.6 is 0 Å². The van der Waals surface area contributed by atoms with Crippen molar-refractivity contribution in [2.45, 2.75) is 19.0 Å². The van der Waals surface area contributed by atoms with Crippen molar-refractivity contribution >= 4 is 11.6 Å². The minimum Gasteiger partial charge on any atom is -0.378 e. The number of piperidine rings is 1. The minimum atomic E-state index is -4.19. The Labute approximate surface area is 156 Å². The number of alkyl halides is 3. The number of nitrogens with zero attached hydrogens (tertiary/aromatic N) is 3. The van der Waals surface area contributed by atoms with Crippen molar-refractivity contribution in [1.82, 2.24) is 9.88 Å². The van der Waals surface area contributed by atoms with Crippen LogP contribution in [0.15, 0.2) is 42.7 Å². The van der Waals surface area contributed by atoms with E-state index in [4.69, 9.17) is 0 Å². The molecule has 0 radical (unpaired) electrons. The van der Waals surface area contributed by atoms with E-state index < -0.39 is 12.1 Å². The number of halogens is 3. The van der Waals surface area contributed by atoms with Crippen LogP contribution in [0.2, 0.25) is 0 Å². The zero-order valence-electron chi connectivity index (χ0n) is 15.3. The van der Waals surface area contributed by atoms with Gasteiger partial charge in [0.1, 0.15) is 0 Å². The first-order chi connectivity index (χ1) is 12.8. The van der Waals surface area contributed by atoms with Gasteiger partial charge in [0.2, 0.25) is 0 Å². The number of aromatic nitrogens is 1. The van der Waals surface area contributed by atoms with Gasteiger partial charge in [-0.1, -0.05) is 12.1 Å². The molecule has 7 heteroatoms. The van der Waals surface area contributed by atoms with Crippen molar-refractivity contribution in [2.24, 2.45) is 5.92 Å². The second-order valence-electron chi connectivity index (χ2n) is 7.01. The number of carbonyl (C=O) groups excluding carboxylic acids is 1. The molecule has 0 bridgehead atoms. The molecule has 2 heterocycles. The molecule has 1 aliphatic heterocycles. The molecular weight excluding hydrogens is 355 g/mol. The number of amides is 1. The van der Waals surface area contributed by atoms with Crippen LogP contribution in [0.4, 0.5) is 18.9 Å². The smallest absolute Gasteiger partial charge is 0.378 e. The Bertz CT molecular complexity index is 795. The molecule has 4 nitrogen and oxygen atoms in total. The first-order valence-electron chi connectivity index (χ1n) is 8.84. The molecule has 0 spiro atoms. The third-order valence-corrected chi connectivity index (χ3v) is 4.95. The highest BCUT2D eigenvalue weighted by atomic mass is 19.4. The zero-order chi connectivity index (χ0) is 19.6. The van der Waals surface area contributed by atoms with Gasteiger partial charge in [-0.05, 0) is 36.6 Å². The summed E-state index contributed by atoms with van der Waals surface area (Å²) in [6.07, 6.45) is -1.13. The number of hydrogen-bond donors (Lipinski definition) is 0. The number of benzene rings is 1. The molecule has 1 fully saturated rings. The summed E-state index contributed by atoms with van der Waals surface area (Å²) in [6, 6.07) is 9.61. The Hall–Kier alpha value is -2.57. The average Bonchev–Trinajstić information content (AvgIpc) is 2.67. The lowest BCUT2D eigenvalue weighted by Crippen LogP contribution is -2.42. The highest BCUT2D eigenvalue weighted by Gasteiger charge is 2.41. The fraction of sp³-hybridized carbons (Fsp3) is 0.400. The second kappa shape index (κ2) is 7.58. The average molecular weight is 377 g/mol. The Kier molecular flexibility index (Phi) is 5.39. The lowest BCUT2D eigenvalue weighted by atomic mass is 9.95. The van der Waals surface area contributed by atoms with Crippen LogP contribution in [0, 0.1) is 5.92 Å². The summed E-state index contributed by atoms with van der Waals surface area (Å²) in [4.78, 5) is 20.3. The maximum Gasteiger partial charge on any atom is 0.391 e. The van der Waals surface area contributed by atoms with Crippen molar-refractivity contribution in [2.75, 3.05) is 32.1 Å². The van der Waals surface area contributed by atoms with E-state index in [0.717, 1.165) is 16.8 Å². The predicted octanol–water partition coefficient (Wildman–Crippen LogP) is 4.23. The van der Waals surface area contributed by atoms with E-state index in [9.17, 15) is 18.0 Å². The minimum absolute atomic E-state index is 0.0473. The fourth-order valence-corrected chi connectivity index (χ4v) is 3.26. The summed E-state index contributed by atoms with van der Waals surface area (Å²) in [6.45, 7) is 0.232. The summed E-state index contributed by atoms with van der Waals surface area (Å²) in [5, 5.41) is 0. The van der Waals surface area contributed by atoms with Gasteiger partial charge in [0.15, 0.2) is 0 Å². The topological polar surface area (TPSA) is 36.4 Å². The molecule has 1 aliphatic rings. The Morgan fingerprint density at radius 3 is 2.26 bits per heavy atom. The van der Waals surface area contributed by atoms with Crippen molar-refractivity contribution in [3.05, 3.63) is 48.3 Å². The molecule has 0 aliphatic carbocycles. The molecular formula is C20H22F3N3O. The quantitative estimate of drug-likeness (QED) is 0.803. The summed E-state index contributed by atoms with van der Waals surface area (Å²) in [7, 11) is 3.91. The highest BCUT2D eigenvalue weighted by Crippen LogP contribution is 2.34. The third kappa shape index (κ3) is 4.40. The number of anilines is 1. The summed E-state index contributed by atoms with van der Waals surface area (Å²) in [5.41, 5.74) is 3.19. The fourth-order valence-electron chi connectivity index (χ4n) is 3.26. The van der Waals surface area contributed by atoms with E-state index in [1.54, 1.807) is 12.3 Å².